The molecule has 3 aromatic heterocycles. The number of Topliss-reactive ketones (excluding diaryl/α,β-unsaturated/α-hetero) is 1. The number of ether oxygens (including phenoxy) is 1. The Morgan fingerprint density at radius 1 is 1.12 bits per heavy atom. The number of pyridine rings is 1. The lowest BCUT2D eigenvalue weighted by Gasteiger charge is -2.39. The van der Waals surface area contributed by atoms with E-state index < -0.39 is 26.2 Å². The second-order valence-electron chi connectivity index (χ2n) is 9.83. The van der Waals surface area contributed by atoms with E-state index in [2.05, 4.69) is 10.1 Å². The molecule has 1 fully saturated rings. The SMILES string of the molecule is COc1cnc(-n2ccc(C)n2)c2c1c(C(=O)C(=O)N1CCN(C(=O)c3ccccc3)[C@H](C)C1)cn2COP(=O)(O)O. The van der Waals surface area contributed by atoms with Crippen LogP contribution < -0.4 is 4.74 Å². The minimum atomic E-state index is -4.90. The third kappa shape index (κ3) is 5.70. The van der Waals surface area contributed by atoms with Crippen LogP contribution in [-0.2, 0) is 20.6 Å². The molecule has 1 aliphatic rings. The third-order valence-corrected chi connectivity index (χ3v) is 7.45. The molecule has 0 radical (unpaired) electrons. The number of carbonyl (C=O) groups excluding carboxylic acids is 3. The molecule has 4 aromatic rings. The van der Waals surface area contributed by atoms with Crippen LogP contribution >= 0.6 is 7.82 Å². The van der Waals surface area contributed by atoms with E-state index in [4.69, 9.17) is 9.26 Å². The van der Waals surface area contributed by atoms with Gasteiger partial charge >= 0.3 is 7.82 Å². The monoisotopic (exact) mass is 596 g/mol. The van der Waals surface area contributed by atoms with Crippen LogP contribution in [0.4, 0.5) is 0 Å². The maximum Gasteiger partial charge on any atom is 0.471 e. The van der Waals surface area contributed by atoms with Crippen LogP contribution in [0, 0.1) is 6.92 Å². The zero-order chi connectivity index (χ0) is 30.2. The zero-order valence-electron chi connectivity index (χ0n) is 23.1. The Balaban J connectivity index is 1.49. The predicted molar refractivity (Wildman–Crippen MR) is 149 cm³/mol. The number of benzene rings is 1. The molecule has 0 bridgehead atoms. The van der Waals surface area contributed by atoms with Gasteiger partial charge in [-0.3, -0.25) is 18.9 Å². The number of carbonyl (C=O) groups is 3. The van der Waals surface area contributed by atoms with E-state index in [1.807, 2.05) is 13.0 Å². The summed E-state index contributed by atoms with van der Waals surface area (Å²) in [7, 11) is -3.52. The number of rotatable bonds is 8. The Labute approximate surface area is 240 Å². The van der Waals surface area contributed by atoms with Gasteiger partial charge in [0.25, 0.3) is 17.6 Å². The first-order valence-corrected chi connectivity index (χ1v) is 14.5. The Bertz CT molecular complexity index is 1710. The van der Waals surface area contributed by atoms with E-state index in [9.17, 15) is 28.7 Å². The maximum atomic E-state index is 13.8. The van der Waals surface area contributed by atoms with E-state index >= 15 is 0 Å². The van der Waals surface area contributed by atoms with Gasteiger partial charge in [0.2, 0.25) is 0 Å². The predicted octanol–water partition coefficient (Wildman–Crippen LogP) is 2.16. The largest absolute Gasteiger partial charge is 0.494 e. The van der Waals surface area contributed by atoms with Crippen molar-refractivity contribution in [3.8, 4) is 11.6 Å². The van der Waals surface area contributed by atoms with Gasteiger partial charge in [0, 0.05) is 43.6 Å². The molecule has 4 heterocycles. The number of methoxy groups -OCH3 is 1. The summed E-state index contributed by atoms with van der Waals surface area (Å²) in [6.45, 7) is 3.45. The number of fused-ring (bicyclic) bond motifs is 1. The molecule has 15 heteroatoms. The average molecular weight is 597 g/mol. The van der Waals surface area contributed by atoms with Crippen molar-refractivity contribution in [3.63, 3.8) is 0 Å². The topological polar surface area (TPSA) is 169 Å². The van der Waals surface area contributed by atoms with Crippen LogP contribution in [-0.4, -0.2) is 89.3 Å². The molecular weight excluding hydrogens is 567 g/mol. The highest BCUT2D eigenvalue weighted by molar-refractivity contribution is 7.46. The van der Waals surface area contributed by atoms with Crippen molar-refractivity contribution in [1.82, 2.24) is 29.1 Å². The normalized spacial score (nSPS) is 15.7. The van der Waals surface area contributed by atoms with E-state index in [0.717, 1.165) is 0 Å². The maximum absolute atomic E-state index is 13.8. The lowest BCUT2D eigenvalue weighted by atomic mass is 10.1. The van der Waals surface area contributed by atoms with Crippen molar-refractivity contribution in [1.29, 1.82) is 0 Å². The molecule has 0 spiro atoms. The van der Waals surface area contributed by atoms with Crippen molar-refractivity contribution in [3.05, 3.63) is 71.8 Å². The number of piperazine rings is 1. The van der Waals surface area contributed by atoms with Gasteiger partial charge in [-0.25, -0.2) is 14.2 Å². The van der Waals surface area contributed by atoms with Gasteiger partial charge < -0.3 is 28.9 Å². The Morgan fingerprint density at radius 3 is 2.48 bits per heavy atom. The molecule has 220 valence electrons. The quantitative estimate of drug-likeness (QED) is 0.175. The lowest BCUT2D eigenvalue weighted by Crippen LogP contribution is -2.56. The number of ketones is 1. The van der Waals surface area contributed by atoms with Gasteiger partial charge in [-0.2, -0.15) is 5.10 Å². The fourth-order valence-corrected chi connectivity index (χ4v) is 5.28. The molecule has 42 heavy (non-hydrogen) atoms. The summed E-state index contributed by atoms with van der Waals surface area (Å²) in [5.74, 6) is -1.43. The van der Waals surface area contributed by atoms with Crippen LogP contribution in [0.1, 0.15) is 33.3 Å². The van der Waals surface area contributed by atoms with Gasteiger partial charge in [-0.1, -0.05) is 18.2 Å². The fourth-order valence-electron chi connectivity index (χ4n) is 5.01. The summed E-state index contributed by atoms with van der Waals surface area (Å²) in [4.78, 5) is 66.4. The van der Waals surface area contributed by atoms with E-state index in [1.54, 1.807) is 48.4 Å². The van der Waals surface area contributed by atoms with Gasteiger partial charge in [0.1, 0.15) is 12.5 Å². The van der Waals surface area contributed by atoms with Crippen molar-refractivity contribution >= 4 is 36.3 Å². The van der Waals surface area contributed by atoms with Crippen LogP contribution in [0.25, 0.3) is 16.7 Å². The van der Waals surface area contributed by atoms with E-state index in [0.29, 0.717) is 11.3 Å². The van der Waals surface area contributed by atoms with Crippen molar-refractivity contribution in [2.45, 2.75) is 26.6 Å². The van der Waals surface area contributed by atoms with Gasteiger partial charge in [0.15, 0.2) is 5.82 Å². The number of hydrogen-bond acceptors (Lipinski definition) is 8. The second-order valence-corrected chi connectivity index (χ2v) is 11.1. The first kappa shape index (κ1) is 29.1. The molecule has 0 unspecified atom stereocenters. The standard InChI is InChI=1S/C27H29N6O8P/c1-17-9-10-33(29-17)25-23-22(21(40-3)13-28-25)20(15-31(23)16-41-42(37,38)39)24(34)27(36)30-11-12-32(18(2)14-30)26(35)19-7-5-4-6-8-19/h4-10,13,15,18H,11-12,14,16H2,1-3H3,(H2,37,38,39)/t18-/m1/s1. The van der Waals surface area contributed by atoms with E-state index in [1.165, 1.54) is 33.7 Å². The summed E-state index contributed by atoms with van der Waals surface area (Å²) >= 11 is 0. The molecule has 1 atom stereocenters. The molecule has 2 N–H and O–H groups in total. The second kappa shape index (κ2) is 11.5. The summed E-state index contributed by atoms with van der Waals surface area (Å²) in [6, 6.07) is 10.2. The van der Waals surface area contributed by atoms with Crippen molar-refractivity contribution < 1.29 is 38.0 Å². The van der Waals surface area contributed by atoms with Crippen LogP contribution in [0.5, 0.6) is 5.75 Å². The number of nitrogens with zero attached hydrogens (tertiary/aromatic N) is 6. The molecule has 0 aliphatic carbocycles. The highest BCUT2D eigenvalue weighted by atomic mass is 31.2. The number of phosphoric acid groups is 1. The lowest BCUT2D eigenvalue weighted by molar-refractivity contribution is -0.128. The summed E-state index contributed by atoms with van der Waals surface area (Å²) < 4.78 is 24.4. The fraction of sp³-hybridized carbons (Fsp3) is 0.296. The van der Waals surface area contributed by atoms with E-state index in [-0.39, 0.29) is 59.6 Å². The first-order chi connectivity index (χ1) is 20.0. The molecule has 14 nitrogen and oxygen atoms in total. The summed E-state index contributed by atoms with van der Waals surface area (Å²) in [5.41, 5.74) is 1.36. The average Bonchev–Trinajstić information content (AvgIpc) is 3.58. The first-order valence-electron chi connectivity index (χ1n) is 13.0. The van der Waals surface area contributed by atoms with Crippen LogP contribution in [0.2, 0.25) is 0 Å². The molecule has 1 aliphatic heterocycles. The smallest absolute Gasteiger partial charge is 0.471 e. The van der Waals surface area contributed by atoms with Gasteiger partial charge in [0.05, 0.1) is 35.5 Å². The molecule has 0 saturated carbocycles. The summed E-state index contributed by atoms with van der Waals surface area (Å²) in [6.07, 6.45) is 4.29. The minimum absolute atomic E-state index is 0.0656. The number of aryl methyl sites for hydroxylation is 1. The van der Waals surface area contributed by atoms with Gasteiger partial charge in [-0.15, -0.1) is 0 Å². The summed E-state index contributed by atoms with van der Waals surface area (Å²) in [5, 5.41) is 4.57. The molecule has 5 rings (SSSR count). The third-order valence-electron chi connectivity index (χ3n) is 7.00. The van der Waals surface area contributed by atoms with Crippen LogP contribution in [0.15, 0.2) is 55.0 Å². The molecule has 1 saturated heterocycles. The Hall–Kier alpha value is -4.36. The minimum Gasteiger partial charge on any atom is -0.494 e. The number of hydrogen-bond donors (Lipinski definition) is 2. The Morgan fingerprint density at radius 2 is 1.86 bits per heavy atom. The number of aromatic nitrogens is 4. The molecular formula is C27H29N6O8P. The Kier molecular flexibility index (Phi) is 7.97. The molecule has 2 amide bonds. The van der Waals surface area contributed by atoms with Crippen molar-refractivity contribution in [2.75, 3.05) is 26.7 Å². The highest BCUT2D eigenvalue weighted by Gasteiger charge is 2.35. The zero-order valence-corrected chi connectivity index (χ0v) is 24.0. The van der Waals surface area contributed by atoms with Crippen LogP contribution in [0.3, 0.4) is 0 Å². The number of phosphoric ester groups is 1. The van der Waals surface area contributed by atoms with Gasteiger partial charge in [-0.05, 0) is 32.0 Å². The highest BCUT2D eigenvalue weighted by Crippen LogP contribution is 2.39. The molecule has 1 aromatic carbocycles. The number of amides is 2. The van der Waals surface area contributed by atoms with Crippen molar-refractivity contribution in [2.24, 2.45) is 0 Å².